The molecule has 1 saturated heterocycles. The number of anilines is 1. The Morgan fingerprint density at radius 1 is 1.62 bits per heavy atom. The number of hydrogen-bond donors (Lipinski definition) is 2. The van der Waals surface area contributed by atoms with Gasteiger partial charge < -0.3 is 20.1 Å². The lowest BCUT2D eigenvalue weighted by atomic mass is 10.0. The van der Waals surface area contributed by atoms with Crippen molar-refractivity contribution in [2.45, 2.75) is 26.0 Å². The van der Waals surface area contributed by atoms with Crippen molar-refractivity contribution in [3.05, 3.63) is 29.6 Å². The van der Waals surface area contributed by atoms with E-state index >= 15 is 0 Å². The van der Waals surface area contributed by atoms with E-state index < -0.39 is 18.0 Å². The van der Waals surface area contributed by atoms with Crippen molar-refractivity contribution in [3.63, 3.8) is 0 Å². The second-order valence-corrected chi connectivity index (χ2v) is 5.06. The molecule has 1 aromatic carbocycles. The van der Waals surface area contributed by atoms with Crippen LogP contribution in [0.4, 0.5) is 10.1 Å². The van der Waals surface area contributed by atoms with Gasteiger partial charge in [-0.05, 0) is 32.0 Å². The first-order chi connectivity index (χ1) is 10.0. The fraction of sp³-hybridized carbons (Fsp3) is 0.533. The lowest BCUT2D eigenvalue weighted by Gasteiger charge is -2.37. The fourth-order valence-electron chi connectivity index (χ4n) is 2.52. The summed E-state index contributed by atoms with van der Waals surface area (Å²) in [6.45, 7) is 5.27. The summed E-state index contributed by atoms with van der Waals surface area (Å²) in [7, 11) is 0. The molecular formula is C15H21FN2O3. The van der Waals surface area contributed by atoms with Crippen molar-refractivity contribution < 1.29 is 19.0 Å². The summed E-state index contributed by atoms with van der Waals surface area (Å²) in [5.41, 5.74) is 1.15. The molecule has 2 N–H and O–H groups in total. The third kappa shape index (κ3) is 3.51. The van der Waals surface area contributed by atoms with Crippen LogP contribution < -0.4 is 10.2 Å². The zero-order valence-electron chi connectivity index (χ0n) is 12.3. The maximum Gasteiger partial charge on any atom is 0.245 e. The van der Waals surface area contributed by atoms with E-state index in [1.54, 1.807) is 13.0 Å². The number of likely N-dealkylation sites (N-methyl/N-ethyl adjacent to an activating group) is 1. The Bertz CT molecular complexity index is 508. The number of halogens is 1. The molecule has 116 valence electrons. The molecule has 0 radical (unpaired) electrons. The van der Waals surface area contributed by atoms with E-state index in [4.69, 9.17) is 4.74 Å². The van der Waals surface area contributed by atoms with Crippen molar-refractivity contribution in [1.29, 1.82) is 0 Å². The Labute approximate surface area is 123 Å². The van der Waals surface area contributed by atoms with Gasteiger partial charge in [-0.1, -0.05) is 0 Å². The van der Waals surface area contributed by atoms with Gasteiger partial charge in [-0.2, -0.15) is 0 Å². The Morgan fingerprint density at radius 2 is 2.38 bits per heavy atom. The summed E-state index contributed by atoms with van der Waals surface area (Å²) in [6, 6.07) is 3.78. The largest absolute Gasteiger partial charge is 0.389 e. The zero-order chi connectivity index (χ0) is 15.4. The molecule has 1 aliphatic rings. The van der Waals surface area contributed by atoms with Crippen LogP contribution in [-0.4, -0.2) is 43.4 Å². The number of aliphatic hydroxyl groups excluding tert-OH is 1. The molecule has 0 bridgehead atoms. The summed E-state index contributed by atoms with van der Waals surface area (Å²) in [6.07, 6.45) is -0.812. The molecule has 2 unspecified atom stereocenters. The van der Waals surface area contributed by atoms with Crippen LogP contribution >= 0.6 is 0 Å². The van der Waals surface area contributed by atoms with Crippen molar-refractivity contribution >= 4 is 11.6 Å². The maximum absolute atomic E-state index is 13.4. The van der Waals surface area contributed by atoms with E-state index in [0.29, 0.717) is 30.9 Å². The number of nitrogens with one attached hydrogen (secondary N) is 1. The van der Waals surface area contributed by atoms with Crippen molar-refractivity contribution in [2.24, 2.45) is 0 Å². The molecule has 1 aliphatic heterocycles. The van der Waals surface area contributed by atoms with E-state index in [9.17, 15) is 14.3 Å². The molecule has 2 atom stereocenters. The van der Waals surface area contributed by atoms with Crippen LogP contribution in [0, 0.1) is 5.82 Å². The first-order valence-corrected chi connectivity index (χ1v) is 7.14. The van der Waals surface area contributed by atoms with Crippen molar-refractivity contribution in [1.82, 2.24) is 5.32 Å². The highest BCUT2D eigenvalue weighted by molar-refractivity contribution is 5.86. The van der Waals surface area contributed by atoms with E-state index in [0.717, 1.165) is 0 Å². The molecule has 2 rings (SSSR count). The van der Waals surface area contributed by atoms with Crippen LogP contribution in [0.25, 0.3) is 0 Å². The van der Waals surface area contributed by atoms with Gasteiger partial charge in [0.1, 0.15) is 11.9 Å². The van der Waals surface area contributed by atoms with Gasteiger partial charge in [0.05, 0.1) is 19.3 Å². The molecular weight excluding hydrogens is 275 g/mol. The third-order valence-electron chi connectivity index (χ3n) is 3.53. The highest BCUT2D eigenvalue weighted by Crippen LogP contribution is 2.29. The Balaban J connectivity index is 2.35. The lowest BCUT2D eigenvalue weighted by Crippen LogP contribution is -2.54. The minimum Gasteiger partial charge on any atom is -0.389 e. The van der Waals surface area contributed by atoms with Crippen LogP contribution in [0.15, 0.2) is 18.2 Å². The van der Waals surface area contributed by atoms with Crippen molar-refractivity contribution in [2.75, 3.05) is 31.2 Å². The molecule has 0 saturated carbocycles. The predicted octanol–water partition coefficient (Wildman–Crippen LogP) is 1.22. The molecule has 5 nitrogen and oxygen atoms in total. The minimum absolute atomic E-state index is 0.127. The zero-order valence-corrected chi connectivity index (χ0v) is 12.3. The highest BCUT2D eigenvalue weighted by atomic mass is 19.1. The molecule has 0 spiro atoms. The van der Waals surface area contributed by atoms with E-state index in [1.807, 2.05) is 11.8 Å². The molecule has 21 heavy (non-hydrogen) atoms. The number of carbonyl (C=O) groups excluding carboxylic acids is 1. The summed E-state index contributed by atoms with van der Waals surface area (Å²) in [5, 5.41) is 12.6. The van der Waals surface area contributed by atoms with Gasteiger partial charge >= 0.3 is 0 Å². The number of amides is 1. The molecule has 1 heterocycles. The average molecular weight is 296 g/mol. The van der Waals surface area contributed by atoms with Crippen LogP contribution in [0.5, 0.6) is 0 Å². The van der Waals surface area contributed by atoms with Crippen LogP contribution in [-0.2, 0) is 9.53 Å². The number of benzene rings is 1. The Morgan fingerprint density at radius 3 is 3.05 bits per heavy atom. The summed E-state index contributed by atoms with van der Waals surface area (Å²) in [5.74, 6) is -0.532. The molecule has 1 fully saturated rings. The van der Waals surface area contributed by atoms with E-state index in [2.05, 4.69) is 5.32 Å². The minimum atomic E-state index is -0.812. The number of carbonyl (C=O) groups is 1. The topological polar surface area (TPSA) is 61.8 Å². The first kappa shape index (κ1) is 15.7. The quantitative estimate of drug-likeness (QED) is 0.877. The van der Waals surface area contributed by atoms with E-state index in [1.165, 1.54) is 12.1 Å². The van der Waals surface area contributed by atoms with Crippen LogP contribution in [0.1, 0.15) is 25.5 Å². The monoisotopic (exact) mass is 296 g/mol. The summed E-state index contributed by atoms with van der Waals surface area (Å²) >= 11 is 0. The second kappa shape index (κ2) is 6.87. The molecule has 1 aromatic rings. The third-order valence-corrected chi connectivity index (χ3v) is 3.53. The molecule has 0 aromatic heterocycles. The van der Waals surface area contributed by atoms with Gasteiger partial charge in [0.2, 0.25) is 5.91 Å². The smallest absolute Gasteiger partial charge is 0.245 e. The number of ether oxygens (including phenoxy) is 1. The molecule has 0 aliphatic carbocycles. The lowest BCUT2D eigenvalue weighted by molar-refractivity contribution is -0.124. The van der Waals surface area contributed by atoms with Gasteiger partial charge in [0, 0.05) is 24.3 Å². The SMILES string of the molecule is CCNC(=O)C1COCCN1c1ccc(F)cc1C(C)O. The Kier molecular flexibility index (Phi) is 5.14. The number of nitrogens with zero attached hydrogens (tertiary/aromatic N) is 1. The predicted molar refractivity (Wildman–Crippen MR) is 77.7 cm³/mol. The standard InChI is InChI=1S/C15H21FN2O3/c1-3-17-15(20)14-9-21-7-6-18(14)13-5-4-11(16)8-12(13)10(2)19/h4-5,8,10,14,19H,3,6-7,9H2,1-2H3,(H,17,20). The van der Waals surface area contributed by atoms with Crippen LogP contribution in [0.2, 0.25) is 0 Å². The highest BCUT2D eigenvalue weighted by Gasteiger charge is 2.31. The average Bonchev–Trinajstić information content (AvgIpc) is 2.47. The normalized spacial score (nSPS) is 20.2. The van der Waals surface area contributed by atoms with Gasteiger partial charge in [-0.25, -0.2) is 4.39 Å². The number of hydrogen-bond acceptors (Lipinski definition) is 4. The first-order valence-electron chi connectivity index (χ1n) is 7.14. The number of morpholine rings is 1. The summed E-state index contributed by atoms with van der Waals surface area (Å²) in [4.78, 5) is 14.0. The fourth-order valence-corrected chi connectivity index (χ4v) is 2.52. The van der Waals surface area contributed by atoms with E-state index in [-0.39, 0.29) is 12.5 Å². The Hall–Kier alpha value is -1.66. The second-order valence-electron chi connectivity index (χ2n) is 5.06. The summed E-state index contributed by atoms with van der Waals surface area (Å²) < 4.78 is 18.8. The molecule has 6 heteroatoms. The van der Waals surface area contributed by atoms with Gasteiger partial charge in [-0.15, -0.1) is 0 Å². The number of rotatable bonds is 4. The van der Waals surface area contributed by atoms with Crippen LogP contribution in [0.3, 0.4) is 0 Å². The maximum atomic E-state index is 13.4. The van der Waals surface area contributed by atoms with Gasteiger partial charge in [0.25, 0.3) is 0 Å². The van der Waals surface area contributed by atoms with Gasteiger partial charge in [-0.3, -0.25) is 4.79 Å². The number of aliphatic hydroxyl groups is 1. The van der Waals surface area contributed by atoms with Crippen molar-refractivity contribution in [3.8, 4) is 0 Å². The van der Waals surface area contributed by atoms with Gasteiger partial charge in [0.15, 0.2) is 0 Å². The molecule has 1 amide bonds.